The molecule has 2 aromatic heterocycles. The molecule has 1 N–H and O–H groups in total. The van der Waals surface area contributed by atoms with Crippen molar-refractivity contribution in [2.24, 2.45) is 0 Å². The second kappa shape index (κ2) is 8.13. The molecule has 0 atom stereocenters. The number of hydrogen-bond donors (Lipinski definition) is 1. The summed E-state index contributed by atoms with van der Waals surface area (Å²) in [4.78, 5) is 27.3. The number of carbonyl (C=O) groups excluding carboxylic acids is 1. The fraction of sp³-hybridized carbons (Fsp3) is 0.529. The van der Waals surface area contributed by atoms with Crippen LogP contribution in [0, 0.1) is 0 Å². The fourth-order valence-electron chi connectivity index (χ4n) is 3.00. The van der Waals surface area contributed by atoms with Gasteiger partial charge in [-0.25, -0.2) is 0 Å². The first-order chi connectivity index (χ1) is 12.5. The van der Waals surface area contributed by atoms with Crippen molar-refractivity contribution in [2.75, 3.05) is 26.2 Å². The van der Waals surface area contributed by atoms with Crippen molar-refractivity contribution in [2.45, 2.75) is 33.0 Å². The largest absolute Gasteiger partial charge is 0.481 e. The Labute approximate surface area is 151 Å². The van der Waals surface area contributed by atoms with Gasteiger partial charge < -0.3 is 10.0 Å². The van der Waals surface area contributed by atoms with Crippen LogP contribution < -0.4 is 0 Å². The van der Waals surface area contributed by atoms with Gasteiger partial charge in [-0.2, -0.15) is 10.2 Å². The summed E-state index contributed by atoms with van der Waals surface area (Å²) >= 11 is 0. The van der Waals surface area contributed by atoms with Gasteiger partial charge >= 0.3 is 5.97 Å². The number of piperazine rings is 1. The van der Waals surface area contributed by atoms with Crippen LogP contribution in [0.3, 0.4) is 0 Å². The predicted octanol–water partition coefficient (Wildman–Crippen LogP) is 0.532. The van der Waals surface area contributed by atoms with Gasteiger partial charge in [-0.15, -0.1) is 0 Å². The molecule has 0 radical (unpaired) electrons. The number of carbonyl (C=O) groups is 2. The molecule has 0 aliphatic carbocycles. The number of carboxylic acids is 1. The average molecular weight is 360 g/mol. The third-order valence-corrected chi connectivity index (χ3v) is 4.49. The molecule has 1 fully saturated rings. The Kier molecular flexibility index (Phi) is 5.67. The second-order valence-electron chi connectivity index (χ2n) is 6.38. The number of aliphatic carboxylic acids is 1. The van der Waals surface area contributed by atoms with Crippen molar-refractivity contribution < 1.29 is 14.7 Å². The zero-order valence-corrected chi connectivity index (χ0v) is 14.9. The number of aryl methyl sites for hydroxylation is 2. The monoisotopic (exact) mass is 360 g/mol. The smallest absolute Gasteiger partial charge is 0.305 e. The molecular formula is C17H24N6O3. The maximum Gasteiger partial charge on any atom is 0.305 e. The van der Waals surface area contributed by atoms with Crippen molar-refractivity contribution in [3.05, 3.63) is 35.9 Å². The first kappa shape index (κ1) is 18.1. The van der Waals surface area contributed by atoms with Crippen molar-refractivity contribution in [3.63, 3.8) is 0 Å². The summed E-state index contributed by atoms with van der Waals surface area (Å²) in [6.45, 7) is 6.95. The maximum atomic E-state index is 12.6. The number of rotatable bonds is 7. The molecule has 3 heterocycles. The number of carboxylic acid groups (broad SMARTS) is 1. The van der Waals surface area contributed by atoms with Crippen LogP contribution in [0.1, 0.15) is 29.4 Å². The number of aromatic nitrogens is 4. The lowest BCUT2D eigenvalue weighted by molar-refractivity contribution is -0.137. The molecule has 2 aromatic rings. The molecule has 1 aliphatic heterocycles. The molecule has 1 saturated heterocycles. The summed E-state index contributed by atoms with van der Waals surface area (Å²) in [6, 6.07) is 1.65. The van der Waals surface area contributed by atoms with E-state index >= 15 is 0 Å². The summed E-state index contributed by atoms with van der Waals surface area (Å²) in [6.07, 6.45) is 5.59. The van der Waals surface area contributed by atoms with E-state index in [2.05, 4.69) is 28.2 Å². The highest BCUT2D eigenvalue weighted by Gasteiger charge is 2.24. The van der Waals surface area contributed by atoms with Gasteiger partial charge in [0, 0.05) is 57.2 Å². The third kappa shape index (κ3) is 4.48. The minimum Gasteiger partial charge on any atom is -0.481 e. The summed E-state index contributed by atoms with van der Waals surface area (Å²) in [5, 5.41) is 17.2. The lowest BCUT2D eigenvalue weighted by Crippen LogP contribution is -2.48. The van der Waals surface area contributed by atoms with Crippen molar-refractivity contribution >= 4 is 11.9 Å². The van der Waals surface area contributed by atoms with Gasteiger partial charge in [0.25, 0.3) is 5.91 Å². The average Bonchev–Trinajstić information content (AvgIpc) is 3.29. The zero-order chi connectivity index (χ0) is 18.5. The minimum atomic E-state index is -0.881. The Bertz CT molecular complexity index is 760. The molecule has 9 nitrogen and oxygen atoms in total. The Morgan fingerprint density at radius 2 is 1.96 bits per heavy atom. The first-order valence-electron chi connectivity index (χ1n) is 8.83. The van der Waals surface area contributed by atoms with E-state index in [9.17, 15) is 9.59 Å². The Morgan fingerprint density at radius 1 is 1.19 bits per heavy atom. The van der Waals surface area contributed by atoms with Gasteiger partial charge in [-0.1, -0.05) is 0 Å². The second-order valence-corrected chi connectivity index (χ2v) is 6.38. The molecule has 3 rings (SSSR count). The Hall–Kier alpha value is -2.68. The van der Waals surface area contributed by atoms with Gasteiger partial charge in [0.2, 0.25) is 0 Å². The van der Waals surface area contributed by atoms with E-state index in [0.29, 0.717) is 18.8 Å². The van der Waals surface area contributed by atoms with Gasteiger partial charge in [0.05, 0.1) is 19.2 Å². The van der Waals surface area contributed by atoms with Crippen LogP contribution in [0.2, 0.25) is 0 Å². The van der Waals surface area contributed by atoms with Crippen molar-refractivity contribution in [3.8, 4) is 0 Å². The molecule has 0 spiro atoms. The third-order valence-electron chi connectivity index (χ3n) is 4.49. The van der Waals surface area contributed by atoms with E-state index in [4.69, 9.17) is 5.11 Å². The summed E-state index contributed by atoms with van der Waals surface area (Å²) in [7, 11) is 0. The van der Waals surface area contributed by atoms with E-state index in [0.717, 1.165) is 26.2 Å². The van der Waals surface area contributed by atoms with Gasteiger partial charge in [-0.3, -0.25) is 23.9 Å². The molecule has 1 amide bonds. The lowest BCUT2D eigenvalue weighted by atomic mass is 10.2. The maximum absolute atomic E-state index is 12.6. The molecule has 1 aliphatic rings. The Balaban J connectivity index is 1.49. The van der Waals surface area contributed by atoms with Crippen molar-refractivity contribution in [1.82, 2.24) is 29.4 Å². The van der Waals surface area contributed by atoms with E-state index in [1.807, 2.05) is 10.9 Å². The van der Waals surface area contributed by atoms with Gasteiger partial charge in [0.1, 0.15) is 5.69 Å². The molecule has 0 aromatic carbocycles. The van der Waals surface area contributed by atoms with Crippen LogP contribution in [-0.2, 0) is 24.4 Å². The van der Waals surface area contributed by atoms with Crippen LogP contribution in [0.15, 0.2) is 24.7 Å². The molecular weight excluding hydrogens is 336 g/mol. The SMILES string of the molecule is CCn1cc(CN2CCN(C(=O)c3ccn(CCC(=O)O)n3)CC2)cn1. The van der Waals surface area contributed by atoms with E-state index in [1.165, 1.54) is 10.2 Å². The number of amides is 1. The van der Waals surface area contributed by atoms with E-state index in [1.54, 1.807) is 17.2 Å². The van der Waals surface area contributed by atoms with Gasteiger partial charge in [0.15, 0.2) is 0 Å². The van der Waals surface area contributed by atoms with Gasteiger partial charge in [-0.05, 0) is 13.0 Å². The number of nitrogens with zero attached hydrogens (tertiary/aromatic N) is 6. The Morgan fingerprint density at radius 3 is 2.62 bits per heavy atom. The van der Waals surface area contributed by atoms with Crippen molar-refractivity contribution in [1.29, 1.82) is 0 Å². The number of hydrogen-bond acceptors (Lipinski definition) is 5. The minimum absolute atomic E-state index is 0.0113. The highest BCUT2D eigenvalue weighted by molar-refractivity contribution is 5.92. The van der Waals surface area contributed by atoms with E-state index in [-0.39, 0.29) is 18.9 Å². The highest BCUT2D eigenvalue weighted by atomic mass is 16.4. The normalized spacial score (nSPS) is 15.3. The van der Waals surface area contributed by atoms with Crippen LogP contribution in [-0.4, -0.2) is 72.5 Å². The molecule has 0 bridgehead atoms. The molecule has 26 heavy (non-hydrogen) atoms. The lowest BCUT2D eigenvalue weighted by Gasteiger charge is -2.34. The van der Waals surface area contributed by atoms with Crippen LogP contribution >= 0.6 is 0 Å². The summed E-state index contributed by atoms with van der Waals surface area (Å²) < 4.78 is 3.42. The van der Waals surface area contributed by atoms with E-state index < -0.39 is 5.97 Å². The summed E-state index contributed by atoms with van der Waals surface area (Å²) in [5.74, 6) is -0.980. The quantitative estimate of drug-likeness (QED) is 0.774. The first-order valence-corrected chi connectivity index (χ1v) is 8.83. The molecule has 9 heteroatoms. The zero-order valence-electron chi connectivity index (χ0n) is 14.9. The predicted molar refractivity (Wildman–Crippen MR) is 93.6 cm³/mol. The van der Waals surface area contributed by atoms with Crippen LogP contribution in [0.25, 0.3) is 0 Å². The van der Waals surface area contributed by atoms with Crippen LogP contribution in [0.5, 0.6) is 0 Å². The topological polar surface area (TPSA) is 96.5 Å². The van der Waals surface area contributed by atoms with Crippen LogP contribution in [0.4, 0.5) is 0 Å². The summed E-state index contributed by atoms with van der Waals surface area (Å²) in [5.41, 5.74) is 1.55. The molecule has 0 saturated carbocycles. The fourth-order valence-corrected chi connectivity index (χ4v) is 3.00. The highest BCUT2D eigenvalue weighted by Crippen LogP contribution is 2.11. The molecule has 140 valence electrons. The standard InChI is InChI=1S/C17H24N6O3/c1-2-22-13-14(11-18-22)12-20-7-9-21(10-8-20)17(26)15-3-5-23(19-15)6-4-16(24)25/h3,5,11,13H,2,4,6-10,12H2,1H3,(H,24,25). The molecule has 0 unspecified atom stereocenters.